The molecule has 0 amide bonds. The fraction of sp³-hybridized carbons (Fsp3) is 0.500. The zero-order valence-corrected chi connectivity index (χ0v) is 16.4. The molecule has 2 rings (SSSR count). The van der Waals surface area contributed by atoms with Crippen LogP contribution in [0, 0.1) is 0 Å². The Bertz CT molecular complexity index is 720. The molecule has 0 aliphatic rings. The Balaban J connectivity index is 2.67. The van der Waals surface area contributed by atoms with Crippen molar-refractivity contribution in [3.63, 3.8) is 0 Å². The van der Waals surface area contributed by atoms with E-state index in [0.717, 1.165) is 29.2 Å². The molecule has 0 radical (unpaired) electrons. The van der Waals surface area contributed by atoms with Gasteiger partial charge < -0.3 is 14.3 Å². The van der Waals surface area contributed by atoms with Crippen LogP contribution in [0.25, 0.3) is 10.8 Å². The summed E-state index contributed by atoms with van der Waals surface area (Å²) in [5.74, 6) is 0.438. The van der Waals surface area contributed by atoms with E-state index >= 15 is 0 Å². The van der Waals surface area contributed by atoms with Gasteiger partial charge in [0.1, 0.15) is 5.75 Å². The monoisotopic (exact) mass is 346 g/mol. The number of hydrogen-bond acceptors (Lipinski definition) is 3. The van der Waals surface area contributed by atoms with Gasteiger partial charge in [0.2, 0.25) is 0 Å². The van der Waals surface area contributed by atoms with Crippen molar-refractivity contribution in [2.24, 2.45) is 0 Å². The molecule has 0 saturated heterocycles. The van der Waals surface area contributed by atoms with E-state index in [1.807, 2.05) is 6.07 Å². The number of fused-ring (bicyclic) bond motifs is 1. The van der Waals surface area contributed by atoms with Crippen LogP contribution in [0.2, 0.25) is 0 Å². The molecule has 3 nitrogen and oxygen atoms in total. The summed E-state index contributed by atoms with van der Waals surface area (Å²) in [5, 5.41) is 2.12. The maximum absolute atomic E-state index is 11.1. The highest BCUT2D eigenvalue weighted by Crippen LogP contribution is 2.40. The van der Waals surface area contributed by atoms with E-state index in [1.54, 1.807) is 0 Å². The molecule has 24 heavy (non-hydrogen) atoms. The third kappa shape index (κ3) is 3.91. The predicted octanol–water partition coefficient (Wildman–Crippen LogP) is 4.54. The van der Waals surface area contributed by atoms with Crippen molar-refractivity contribution in [1.29, 1.82) is 0 Å². The van der Waals surface area contributed by atoms with Gasteiger partial charge in [-0.3, -0.25) is 0 Å². The fourth-order valence-corrected chi connectivity index (χ4v) is 3.09. The van der Waals surface area contributed by atoms with Gasteiger partial charge >= 0.3 is 0 Å². The molecule has 2 aromatic carbocycles. The van der Waals surface area contributed by atoms with Gasteiger partial charge in [-0.25, -0.2) is 0 Å². The Morgan fingerprint density at radius 1 is 0.875 bits per heavy atom. The van der Waals surface area contributed by atoms with Gasteiger partial charge in [0, 0.05) is 5.56 Å². The summed E-state index contributed by atoms with van der Waals surface area (Å²) in [7, 11) is -2.93. The van der Waals surface area contributed by atoms with Crippen LogP contribution in [0.5, 0.6) is 5.75 Å². The van der Waals surface area contributed by atoms with E-state index in [2.05, 4.69) is 65.8 Å². The number of hydrogen-bond donors (Lipinski definition) is 0. The highest BCUT2D eigenvalue weighted by atomic mass is 31.2. The Morgan fingerprint density at radius 3 is 2.04 bits per heavy atom. The van der Waals surface area contributed by atoms with Gasteiger partial charge in [-0.15, -0.1) is 0 Å². The van der Waals surface area contributed by atoms with Crippen molar-refractivity contribution in [3.05, 3.63) is 41.5 Å². The molecule has 132 valence electrons. The zero-order chi connectivity index (χ0) is 18.1. The fourth-order valence-electron chi connectivity index (χ4n) is 2.78. The second-order valence-electron chi connectivity index (χ2n) is 7.70. The first kappa shape index (κ1) is 19.2. The minimum Gasteiger partial charge on any atom is -0.810 e. The first-order valence-corrected chi connectivity index (χ1v) is 9.61. The molecule has 4 heteroatoms. The van der Waals surface area contributed by atoms with Crippen LogP contribution < -0.4 is 14.3 Å². The minimum absolute atomic E-state index is 0.113. The van der Waals surface area contributed by atoms with Crippen molar-refractivity contribution in [2.75, 3.05) is 0 Å². The smallest absolute Gasteiger partial charge is 0.124 e. The summed E-state index contributed by atoms with van der Waals surface area (Å²) in [6.45, 7) is 13.0. The third-order valence-electron chi connectivity index (χ3n) is 5.39. The second-order valence-corrected chi connectivity index (χ2v) is 8.33. The molecule has 0 atom stereocenters. The SMILES string of the molecule is CCC(C)(C)c1ccc2cc(OP([O-])[O-])c(C(C)(C)CC)cc2c1. The Morgan fingerprint density at radius 2 is 1.50 bits per heavy atom. The molecule has 0 unspecified atom stereocenters. The predicted molar refractivity (Wildman–Crippen MR) is 98.1 cm³/mol. The molecule has 0 spiro atoms. The van der Waals surface area contributed by atoms with E-state index in [-0.39, 0.29) is 10.8 Å². The quantitative estimate of drug-likeness (QED) is 0.722. The van der Waals surface area contributed by atoms with Crippen LogP contribution in [0.3, 0.4) is 0 Å². The molecule has 0 aliphatic heterocycles. The summed E-state index contributed by atoms with van der Waals surface area (Å²) in [6, 6.07) is 10.3. The van der Waals surface area contributed by atoms with E-state index in [4.69, 9.17) is 4.52 Å². The lowest BCUT2D eigenvalue weighted by Crippen LogP contribution is -2.19. The largest absolute Gasteiger partial charge is 0.810 e. The van der Waals surface area contributed by atoms with Crippen LogP contribution >= 0.6 is 8.60 Å². The van der Waals surface area contributed by atoms with Crippen LogP contribution in [0.1, 0.15) is 65.5 Å². The Hall–Kier alpha value is -1.15. The molecular formula is C20H27O3P-2. The van der Waals surface area contributed by atoms with Gasteiger partial charge in [0.05, 0.1) is 0 Å². The molecular weight excluding hydrogens is 319 g/mol. The molecule has 0 N–H and O–H groups in total. The standard InChI is InChI=1S/C20H27O3P/c1-7-19(3,4)16-10-9-14-13-18(23-24(21)22)17(12-15(14)11-16)20(5,6)8-2/h9-13H,7-8H2,1-6H3/q-2. The second kappa shape index (κ2) is 7.00. The summed E-state index contributed by atoms with van der Waals surface area (Å²) in [6.07, 6.45) is 1.95. The lowest BCUT2D eigenvalue weighted by molar-refractivity contribution is -0.310. The van der Waals surface area contributed by atoms with Crippen molar-refractivity contribution in [3.8, 4) is 5.75 Å². The average Bonchev–Trinajstić information content (AvgIpc) is 2.53. The van der Waals surface area contributed by atoms with Gasteiger partial charge in [-0.05, 0) is 52.1 Å². The number of benzene rings is 2. The summed E-state index contributed by atoms with van der Waals surface area (Å²) in [4.78, 5) is 22.2. The molecule has 0 fully saturated rings. The third-order valence-corrected chi connectivity index (χ3v) is 5.74. The molecule has 0 heterocycles. The van der Waals surface area contributed by atoms with Crippen molar-refractivity contribution < 1.29 is 14.3 Å². The highest BCUT2D eigenvalue weighted by Gasteiger charge is 2.24. The Kier molecular flexibility index (Phi) is 5.59. The highest BCUT2D eigenvalue weighted by molar-refractivity contribution is 7.36. The lowest BCUT2D eigenvalue weighted by atomic mass is 9.79. The first-order chi connectivity index (χ1) is 11.1. The summed E-state index contributed by atoms with van der Waals surface area (Å²) >= 11 is 0. The minimum atomic E-state index is -2.93. The van der Waals surface area contributed by atoms with Gasteiger partial charge in [-0.1, -0.05) is 68.3 Å². The van der Waals surface area contributed by atoms with Crippen LogP contribution in [0.4, 0.5) is 0 Å². The molecule has 0 aliphatic carbocycles. The topological polar surface area (TPSA) is 55.3 Å². The molecule has 2 aromatic rings. The molecule has 0 aromatic heterocycles. The van der Waals surface area contributed by atoms with Crippen LogP contribution in [-0.4, -0.2) is 0 Å². The Labute approximate surface area is 146 Å². The zero-order valence-electron chi connectivity index (χ0n) is 15.5. The molecule has 0 saturated carbocycles. The first-order valence-electron chi connectivity index (χ1n) is 8.52. The molecule has 0 bridgehead atoms. The van der Waals surface area contributed by atoms with Gasteiger partial charge in [-0.2, -0.15) is 0 Å². The van der Waals surface area contributed by atoms with E-state index in [1.165, 1.54) is 5.56 Å². The maximum Gasteiger partial charge on any atom is 0.124 e. The summed E-state index contributed by atoms with van der Waals surface area (Å²) < 4.78 is 5.11. The normalized spacial score (nSPS) is 12.9. The lowest BCUT2D eigenvalue weighted by Gasteiger charge is -2.34. The summed E-state index contributed by atoms with van der Waals surface area (Å²) in [5.41, 5.74) is 2.18. The average molecular weight is 346 g/mol. The van der Waals surface area contributed by atoms with E-state index in [0.29, 0.717) is 5.75 Å². The van der Waals surface area contributed by atoms with Crippen LogP contribution in [0.15, 0.2) is 30.3 Å². The van der Waals surface area contributed by atoms with E-state index < -0.39 is 8.60 Å². The van der Waals surface area contributed by atoms with Crippen molar-refractivity contribution in [2.45, 2.75) is 65.2 Å². The number of rotatable bonds is 6. The van der Waals surface area contributed by atoms with Gasteiger partial charge in [0.15, 0.2) is 0 Å². The maximum atomic E-state index is 11.1. The van der Waals surface area contributed by atoms with Crippen LogP contribution in [-0.2, 0) is 10.8 Å². The van der Waals surface area contributed by atoms with Crippen molar-refractivity contribution >= 4 is 19.4 Å². The van der Waals surface area contributed by atoms with Gasteiger partial charge in [0.25, 0.3) is 0 Å². The van der Waals surface area contributed by atoms with E-state index in [9.17, 15) is 9.79 Å². The van der Waals surface area contributed by atoms with Crippen molar-refractivity contribution in [1.82, 2.24) is 0 Å².